The van der Waals surface area contributed by atoms with Crippen LogP contribution in [0.1, 0.15) is 37.3 Å². The van der Waals surface area contributed by atoms with Gasteiger partial charge in [-0.15, -0.1) is 5.10 Å². The standard InChI is InChI=1S/C31H42N8O3/c1-32-28-19-27-26(20-33-28)31(23-5-3-22(4-6-23)21-38-15-13-37(14-16-38)17-18-40)35-39(27)24-7-9-25(10-8-24)42-29-11-12-30(41)36(2)34-29/h3-6,11-12,19-20,24-25,30,40-41H,7-10,13-18,21H2,1-2H3,(H,32,33)/t24-,25+,30?. The fourth-order valence-electron chi connectivity index (χ4n) is 6.18. The number of likely N-dealkylation sites (N-methyl/N-ethyl adjacent to an activating group) is 1. The summed E-state index contributed by atoms with van der Waals surface area (Å²) in [4.78, 5) is 9.42. The monoisotopic (exact) mass is 574 g/mol. The van der Waals surface area contributed by atoms with Gasteiger partial charge in [0, 0.05) is 82.7 Å². The van der Waals surface area contributed by atoms with Gasteiger partial charge in [0.05, 0.1) is 18.2 Å². The van der Waals surface area contributed by atoms with Crippen molar-refractivity contribution in [2.75, 3.05) is 58.7 Å². The normalized spacial score (nSPS) is 23.8. The van der Waals surface area contributed by atoms with Crippen molar-refractivity contribution < 1.29 is 14.9 Å². The van der Waals surface area contributed by atoms with Gasteiger partial charge in [-0.25, -0.2) is 4.98 Å². The number of hydrazone groups is 1. The fourth-order valence-corrected chi connectivity index (χ4v) is 6.18. The number of rotatable bonds is 8. The number of fused-ring (bicyclic) bond motifs is 1. The van der Waals surface area contributed by atoms with Crippen molar-refractivity contribution >= 4 is 22.6 Å². The first-order chi connectivity index (χ1) is 20.5. The quantitative estimate of drug-likeness (QED) is 0.374. The Morgan fingerprint density at radius 3 is 2.45 bits per heavy atom. The predicted molar refractivity (Wildman–Crippen MR) is 164 cm³/mol. The van der Waals surface area contributed by atoms with Crippen LogP contribution in [0.3, 0.4) is 0 Å². The molecule has 0 bridgehead atoms. The van der Waals surface area contributed by atoms with E-state index in [1.807, 2.05) is 13.2 Å². The van der Waals surface area contributed by atoms with Crippen LogP contribution in [0.25, 0.3) is 22.2 Å². The van der Waals surface area contributed by atoms with Crippen molar-refractivity contribution in [2.24, 2.45) is 5.10 Å². The lowest BCUT2D eigenvalue weighted by molar-refractivity contribution is 0.0532. The van der Waals surface area contributed by atoms with Crippen LogP contribution >= 0.6 is 0 Å². The molecule has 6 rings (SSSR count). The first-order valence-corrected chi connectivity index (χ1v) is 15.1. The van der Waals surface area contributed by atoms with Gasteiger partial charge in [-0.3, -0.25) is 19.5 Å². The van der Waals surface area contributed by atoms with Gasteiger partial charge in [-0.2, -0.15) is 5.10 Å². The Labute approximate surface area is 247 Å². The molecule has 1 saturated carbocycles. The zero-order chi connectivity index (χ0) is 29.1. The number of pyridine rings is 1. The zero-order valence-corrected chi connectivity index (χ0v) is 24.6. The summed E-state index contributed by atoms with van der Waals surface area (Å²) in [6, 6.07) is 11.2. The van der Waals surface area contributed by atoms with E-state index in [-0.39, 0.29) is 18.8 Å². The van der Waals surface area contributed by atoms with Crippen molar-refractivity contribution in [1.29, 1.82) is 0 Å². The lowest BCUT2D eigenvalue weighted by Gasteiger charge is -2.34. The Hall–Kier alpha value is -3.51. The highest BCUT2D eigenvalue weighted by molar-refractivity contribution is 5.94. The van der Waals surface area contributed by atoms with Gasteiger partial charge in [0.25, 0.3) is 0 Å². The summed E-state index contributed by atoms with van der Waals surface area (Å²) in [7, 11) is 3.63. The first kappa shape index (κ1) is 28.6. The van der Waals surface area contributed by atoms with E-state index in [1.54, 1.807) is 19.2 Å². The molecule has 2 aromatic heterocycles. The van der Waals surface area contributed by atoms with Crippen LogP contribution in [0.15, 0.2) is 53.8 Å². The maximum Gasteiger partial charge on any atom is 0.230 e. The van der Waals surface area contributed by atoms with Gasteiger partial charge in [-0.1, -0.05) is 24.3 Å². The molecule has 1 atom stereocenters. The minimum Gasteiger partial charge on any atom is -0.473 e. The Bertz CT molecular complexity index is 1410. The number of aliphatic hydroxyl groups is 2. The van der Waals surface area contributed by atoms with Gasteiger partial charge < -0.3 is 20.3 Å². The molecule has 3 aromatic rings. The van der Waals surface area contributed by atoms with Crippen molar-refractivity contribution in [2.45, 2.75) is 50.6 Å². The van der Waals surface area contributed by atoms with Crippen molar-refractivity contribution in [3.63, 3.8) is 0 Å². The van der Waals surface area contributed by atoms with Gasteiger partial charge in [-0.05, 0) is 37.3 Å². The third kappa shape index (κ3) is 6.29. The van der Waals surface area contributed by atoms with E-state index >= 15 is 0 Å². The smallest absolute Gasteiger partial charge is 0.230 e. The molecule has 1 saturated heterocycles. The number of β-amino-alcohol motifs (C(OH)–C–C–N with tert-alkyl or cyclic N) is 1. The van der Waals surface area contributed by atoms with Crippen LogP contribution in [0, 0.1) is 0 Å². The molecule has 4 heterocycles. The van der Waals surface area contributed by atoms with E-state index in [2.05, 4.69) is 60.2 Å². The minimum absolute atomic E-state index is 0.0920. The number of hydrogen-bond donors (Lipinski definition) is 3. The molecule has 0 amide bonds. The SMILES string of the molecule is CNc1cc2c(cn1)c(-c1ccc(CN3CCN(CCO)CC3)cc1)nn2[C@H]1CC[C@@H](OC2=NN(C)C(O)C=C2)CC1. The third-order valence-electron chi connectivity index (χ3n) is 8.69. The van der Waals surface area contributed by atoms with Crippen molar-refractivity contribution in [3.8, 4) is 11.3 Å². The molecule has 2 fully saturated rings. The number of aliphatic hydroxyl groups excluding tert-OH is 2. The Morgan fingerprint density at radius 2 is 1.76 bits per heavy atom. The summed E-state index contributed by atoms with van der Waals surface area (Å²) >= 11 is 0. The summed E-state index contributed by atoms with van der Waals surface area (Å²) in [5, 5.41) is 34.3. The summed E-state index contributed by atoms with van der Waals surface area (Å²) in [5.74, 6) is 1.38. The highest BCUT2D eigenvalue weighted by Crippen LogP contribution is 2.36. The van der Waals surface area contributed by atoms with Gasteiger partial charge in [0.2, 0.25) is 5.90 Å². The molecule has 1 unspecified atom stereocenters. The average Bonchev–Trinajstić information content (AvgIpc) is 3.40. The molecule has 3 N–H and O–H groups in total. The second-order valence-electron chi connectivity index (χ2n) is 11.5. The van der Waals surface area contributed by atoms with Crippen molar-refractivity contribution in [1.82, 2.24) is 29.6 Å². The van der Waals surface area contributed by atoms with E-state index in [9.17, 15) is 10.2 Å². The molecule has 0 radical (unpaired) electrons. The molecular formula is C31H42N8O3. The molecule has 0 spiro atoms. The minimum atomic E-state index is -0.706. The van der Waals surface area contributed by atoms with E-state index in [0.717, 1.165) is 92.9 Å². The fraction of sp³-hybridized carbons (Fsp3) is 0.516. The van der Waals surface area contributed by atoms with E-state index in [0.29, 0.717) is 5.90 Å². The predicted octanol–water partition coefficient (Wildman–Crippen LogP) is 2.88. The topological polar surface area (TPSA) is 115 Å². The Kier molecular flexibility index (Phi) is 8.71. The van der Waals surface area contributed by atoms with Crippen LogP contribution in [0.2, 0.25) is 0 Å². The number of nitrogens with one attached hydrogen (secondary N) is 1. The Balaban J connectivity index is 1.16. The molecule has 11 nitrogen and oxygen atoms in total. The Morgan fingerprint density at radius 1 is 1.02 bits per heavy atom. The van der Waals surface area contributed by atoms with E-state index in [4.69, 9.17) is 9.84 Å². The van der Waals surface area contributed by atoms with Gasteiger partial charge >= 0.3 is 0 Å². The summed E-state index contributed by atoms with van der Waals surface area (Å²) < 4.78 is 8.36. The first-order valence-electron chi connectivity index (χ1n) is 15.1. The molecular weight excluding hydrogens is 532 g/mol. The number of aromatic nitrogens is 3. The molecule has 3 aliphatic rings. The van der Waals surface area contributed by atoms with E-state index in [1.165, 1.54) is 10.6 Å². The van der Waals surface area contributed by atoms with Crippen LogP contribution < -0.4 is 5.32 Å². The molecule has 2 aliphatic heterocycles. The molecule has 1 aliphatic carbocycles. The summed E-state index contributed by atoms with van der Waals surface area (Å²) in [5.41, 5.74) is 4.45. The number of hydrogen-bond acceptors (Lipinski definition) is 10. The van der Waals surface area contributed by atoms with Crippen LogP contribution in [0.5, 0.6) is 0 Å². The molecule has 1 aromatic carbocycles. The molecule has 42 heavy (non-hydrogen) atoms. The number of benzene rings is 1. The number of nitrogens with zero attached hydrogens (tertiary/aromatic N) is 7. The maximum absolute atomic E-state index is 9.82. The van der Waals surface area contributed by atoms with Gasteiger partial charge in [0.1, 0.15) is 17.6 Å². The summed E-state index contributed by atoms with van der Waals surface area (Å²) in [6.07, 6.45) is 8.49. The largest absolute Gasteiger partial charge is 0.473 e. The lowest BCUT2D eigenvalue weighted by Crippen LogP contribution is -2.46. The molecule has 224 valence electrons. The second-order valence-corrected chi connectivity index (χ2v) is 11.5. The maximum atomic E-state index is 9.82. The number of anilines is 1. The lowest BCUT2D eigenvalue weighted by atomic mass is 9.93. The third-order valence-corrected chi connectivity index (χ3v) is 8.69. The number of piperazine rings is 1. The van der Waals surface area contributed by atoms with E-state index < -0.39 is 6.23 Å². The van der Waals surface area contributed by atoms with Crippen LogP contribution in [-0.2, 0) is 11.3 Å². The summed E-state index contributed by atoms with van der Waals surface area (Å²) in [6.45, 7) is 5.98. The zero-order valence-electron chi connectivity index (χ0n) is 24.6. The van der Waals surface area contributed by atoms with Crippen molar-refractivity contribution in [3.05, 3.63) is 54.2 Å². The average molecular weight is 575 g/mol. The highest BCUT2D eigenvalue weighted by Gasteiger charge is 2.28. The van der Waals surface area contributed by atoms with Crippen LogP contribution in [0.4, 0.5) is 5.82 Å². The van der Waals surface area contributed by atoms with Gasteiger partial charge in [0.15, 0.2) is 6.23 Å². The van der Waals surface area contributed by atoms with Crippen LogP contribution in [-0.4, -0.2) is 111 Å². The number of ether oxygens (including phenoxy) is 1. The molecule has 11 heteroatoms. The second kappa shape index (κ2) is 12.8. The highest BCUT2D eigenvalue weighted by atomic mass is 16.5.